The van der Waals surface area contributed by atoms with E-state index in [2.05, 4.69) is 6.58 Å². The molecular weight excluding hydrogens is 348 g/mol. The van der Waals surface area contributed by atoms with Crippen molar-refractivity contribution in [1.82, 2.24) is 0 Å². The average Bonchev–Trinajstić information content (AvgIpc) is 3.12. The van der Waals surface area contributed by atoms with Crippen molar-refractivity contribution in [2.45, 2.75) is 57.8 Å². The van der Waals surface area contributed by atoms with Crippen LogP contribution in [0.3, 0.4) is 0 Å². The Balaban J connectivity index is 1.91. The molecule has 1 N–H and O–H groups in total. The SMILES string of the molecule is C=CCC(CCC(=O)c1cc(Cl)cc(OCCCO)c1)CC1CCCC1. The van der Waals surface area contributed by atoms with Crippen LogP contribution >= 0.6 is 11.6 Å². The fraction of sp³-hybridized carbons (Fsp3) is 0.591. The monoisotopic (exact) mass is 378 g/mol. The highest BCUT2D eigenvalue weighted by molar-refractivity contribution is 6.31. The summed E-state index contributed by atoms with van der Waals surface area (Å²) in [5.41, 5.74) is 0.606. The number of ketones is 1. The highest BCUT2D eigenvalue weighted by Gasteiger charge is 2.20. The maximum Gasteiger partial charge on any atom is 0.163 e. The van der Waals surface area contributed by atoms with Gasteiger partial charge in [0.25, 0.3) is 0 Å². The lowest BCUT2D eigenvalue weighted by molar-refractivity contribution is 0.0971. The number of halogens is 1. The highest BCUT2D eigenvalue weighted by atomic mass is 35.5. The van der Waals surface area contributed by atoms with Gasteiger partial charge in [0.05, 0.1) is 6.61 Å². The molecule has 1 aromatic rings. The molecule has 144 valence electrons. The molecular formula is C22H31ClO3. The van der Waals surface area contributed by atoms with Gasteiger partial charge in [-0.3, -0.25) is 4.79 Å². The number of ether oxygens (including phenoxy) is 1. The maximum absolute atomic E-state index is 12.6. The third kappa shape index (κ3) is 7.13. The van der Waals surface area contributed by atoms with Crippen LogP contribution < -0.4 is 4.74 Å². The smallest absolute Gasteiger partial charge is 0.163 e. The van der Waals surface area contributed by atoms with Gasteiger partial charge < -0.3 is 9.84 Å². The second-order valence-corrected chi connectivity index (χ2v) is 7.78. The fourth-order valence-electron chi connectivity index (χ4n) is 3.83. The van der Waals surface area contributed by atoms with E-state index in [9.17, 15) is 4.79 Å². The molecule has 1 atom stereocenters. The number of Topliss-reactive ketones (excluding diaryl/α,β-unsaturated/α-hetero) is 1. The van der Waals surface area contributed by atoms with E-state index in [1.807, 2.05) is 6.08 Å². The molecule has 0 aliphatic heterocycles. The number of rotatable bonds is 12. The van der Waals surface area contributed by atoms with Crippen LogP contribution in [0, 0.1) is 11.8 Å². The number of carbonyl (C=O) groups is 1. The van der Waals surface area contributed by atoms with E-state index in [4.69, 9.17) is 21.4 Å². The first-order valence-corrected chi connectivity index (χ1v) is 10.2. The normalized spacial score (nSPS) is 15.8. The Hall–Kier alpha value is -1.32. The number of hydrogen-bond donors (Lipinski definition) is 1. The Morgan fingerprint density at radius 3 is 2.81 bits per heavy atom. The van der Waals surface area contributed by atoms with E-state index >= 15 is 0 Å². The third-order valence-corrected chi connectivity index (χ3v) is 5.40. The quantitative estimate of drug-likeness (QED) is 0.282. The van der Waals surface area contributed by atoms with Crippen LogP contribution in [-0.4, -0.2) is 24.1 Å². The van der Waals surface area contributed by atoms with Crippen molar-refractivity contribution in [3.63, 3.8) is 0 Å². The number of hydrogen-bond acceptors (Lipinski definition) is 3. The lowest BCUT2D eigenvalue weighted by Gasteiger charge is -2.19. The minimum Gasteiger partial charge on any atom is -0.493 e. The summed E-state index contributed by atoms with van der Waals surface area (Å²) in [4.78, 5) is 12.6. The number of benzene rings is 1. The topological polar surface area (TPSA) is 46.5 Å². The van der Waals surface area contributed by atoms with Crippen LogP contribution in [-0.2, 0) is 0 Å². The first-order chi connectivity index (χ1) is 12.6. The van der Waals surface area contributed by atoms with Crippen molar-refractivity contribution in [2.24, 2.45) is 11.8 Å². The first-order valence-electron chi connectivity index (χ1n) is 9.80. The predicted molar refractivity (Wildman–Crippen MR) is 107 cm³/mol. The first kappa shape index (κ1) is 21.0. The van der Waals surface area contributed by atoms with Crippen LogP contribution in [0.4, 0.5) is 0 Å². The van der Waals surface area contributed by atoms with Crippen molar-refractivity contribution in [2.75, 3.05) is 13.2 Å². The summed E-state index contributed by atoms with van der Waals surface area (Å²) in [7, 11) is 0. The minimum absolute atomic E-state index is 0.0814. The van der Waals surface area contributed by atoms with Gasteiger partial charge in [0.1, 0.15) is 5.75 Å². The fourth-order valence-corrected chi connectivity index (χ4v) is 4.05. The lowest BCUT2D eigenvalue weighted by Crippen LogP contribution is -2.09. The van der Waals surface area contributed by atoms with Crippen LogP contribution in [0.1, 0.15) is 68.1 Å². The number of aliphatic hydroxyl groups excluding tert-OH is 1. The zero-order chi connectivity index (χ0) is 18.8. The molecule has 0 saturated heterocycles. The summed E-state index contributed by atoms with van der Waals surface area (Å²) in [5.74, 6) is 2.06. The molecule has 1 fully saturated rings. The van der Waals surface area contributed by atoms with E-state index in [1.165, 1.54) is 32.1 Å². The van der Waals surface area contributed by atoms with Crippen molar-refractivity contribution in [1.29, 1.82) is 0 Å². The van der Waals surface area contributed by atoms with Gasteiger partial charge in [0.15, 0.2) is 5.78 Å². The van der Waals surface area contributed by atoms with Gasteiger partial charge in [-0.15, -0.1) is 6.58 Å². The van der Waals surface area contributed by atoms with Crippen molar-refractivity contribution in [3.05, 3.63) is 41.4 Å². The van der Waals surface area contributed by atoms with E-state index in [0.717, 1.165) is 18.8 Å². The van der Waals surface area contributed by atoms with Gasteiger partial charge in [0.2, 0.25) is 0 Å². The predicted octanol–water partition coefficient (Wildman–Crippen LogP) is 5.84. The van der Waals surface area contributed by atoms with Crippen LogP contribution in [0.25, 0.3) is 0 Å². The molecule has 3 nitrogen and oxygen atoms in total. The van der Waals surface area contributed by atoms with Gasteiger partial charge in [-0.25, -0.2) is 0 Å². The van der Waals surface area contributed by atoms with E-state index in [0.29, 0.717) is 41.7 Å². The zero-order valence-electron chi connectivity index (χ0n) is 15.6. The molecule has 0 bridgehead atoms. The molecule has 26 heavy (non-hydrogen) atoms. The Kier molecular flexibility index (Phi) is 9.21. The lowest BCUT2D eigenvalue weighted by atomic mass is 9.86. The van der Waals surface area contributed by atoms with Crippen molar-refractivity contribution in [3.8, 4) is 5.75 Å². The summed E-state index contributed by atoms with van der Waals surface area (Å²) in [6.07, 6.45) is 11.5. The van der Waals surface area contributed by atoms with Gasteiger partial charge in [-0.2, -0.15) is 0 Å². The second kappa shape index (κ2) is 11.4. The number of carbonyl (C=O) groups excluding carboxylic acids is 1. The summed E-state index contributed by atoms with van der Waals surface area (Å²) >= 11 is 6.14. The minimum atomic E-state index is 0.0814. The van der Waals surface area contributed by atoms with E-state index < -0.39 is 0 Å². The Labute approximate surface area is 162 Å². The second-order valence-electron chi connectivity index (χ2n) is 7.34. The van der Waals surface area contributed by atoms with E-state index in [1.54, 1.807) is 18.2 Å². The molecule has 1 saturated carbocycles. The third-order valence-electron chi connectivity index (χ3n) is 5.19. The summed E-state index contributed by atoms with van der Waals surface area (Å²) in [6, 6.07) is 5.17. The van der Waals surface area contributed by atoms with Crippen LogP contribution in [0.2, 0.25) is 5.02 Å². The molecule has 1 aliphatic carbocycles. The largest absolute Gasteiger partial charge is 0.493 e. The van der Waals surface area contributed by atoms with Gasteiger partial charge in [-0.05, 0) is 49.3 Å². The Morgan fingerprint density at radius 1 is 1.35 bits per heavy atom. The summed E-state index contributed by atoms with van der Waals surface area (Å²) in [6.45, 7) is 4.37. The molecule has 1 aliphatic rings. The summed E-state index contributed by atoms with van der Waals surface area (Å²) < 4.78 is 5.56. The van der Waals surface area contributed by atoms with Crippen LogP contribution in [0.5, 0.6) is 5.75 Å². The molecule has 0 heterocycles. The molecule has 4 heteroatoms. The zero-order valence-corrected chi connectivity index (χ0v) is 16.3. The van der Waals surface area contributed by atoms with Crippen molar-refractivity contribution < 1.29 is 14.6 Å². The Bertz CT molecular complexity index is 579. The molecule has 1 aromatic carbocycles. The molecule has 1 unspecified atom stereocenters. The molecule has 0 radical (unpaired) electrons. The average molecular weight is 379 g/mol. The van der Waals surface area contributed by atoms with Gasteiger partial charge in [-0.1, -0.05) is 43.4 Å². The molecule has 0 amide bonds. The van der Waals surface area contributed by atoms with Gasteiger partial charge in [0, 0.05) is 30.0 Å². The molecule has 0 aromatic heterocycles. The number of allylic oxidation sites excluding steroid dienone is 1. The number of aliphatic hydroxyl groups is 1. The van der Waals surface area contributed by atoms with E-state index in [-0.39, 0.29) is 12.4 Å². The van der Waals surface area contributed by atoms with Crippen LogP contribution in [0.15, 0.2) is 30.9 Å². The summed E-state index contributed by atoms with van der Waals surface area (Å²) in [5, 5.41) is 9.35. The highest BCUT2D eigenvalue weighted by Crippen LogP contribution is 2.33. The Morgan fingerprint density at radius 2 is 2.12 bits per heavy atom. The van der Waals surface area contributed by atoms with Gasteiger partial charge >= 0.3 is 0 Å². The van der Waals surface area contributed by atoms with Crippen molar-refractivity contribution >= 4 is 17.4 Å². The standard InChI is InChI=1S/C22H31ClO3/c1-2-6-17(13-18-7-3-4-8-18)9-10-22(25)19-14-20(23)16-21(15-19)26-12-5-11-24/h2,14-18,24H,1,3-13H2. The molecule has 2 rings (SSSR count). The molecule has 0 spiro atoms. The maximum atomic E-state index is 12.6.